The van der Waals surface area contributed by atoms with Crippen LogP contribution in [0.1, 0.15) is 13.8 Å². The first-order valence-electron chi connectivity index (χ1n) is 6.13. The average Bonchev–Trinajstić information content (AvgIpc) is 2.37. The molecule has 1 aliphatic rings. The molecular formula is C12H20N4OS. The minimum Gasteiger partial charge on any atom is -0.373 e. The fraction of sp³-hybridized carbons (Fsp3) is 0.667. The Kier molecular flexibility index (Phi) is 4.29. The fourth-order valence-electron chi connectivity index (χ4n) is 2.16. The number of hydrogen-bond donors (Lipinski definition) is 1. The molecule has 2 heterocycles. The summed E-state index contributed by atoms with van der Waals surface area (Å²) in [6, 6.07) is 1.99. The fourth-order valence-corrected chi connectivity index (χ4v) is 2.53. The van der Waals surface area contributed by atoms with Gasteiger partial charge >= 0.3 is 0 Å². The number of anilines is 2. The van der Waals surface area contributed by atoms with Crippen molar-refractivity contribution in [2.45, 2.75) is 31.2 Å². The number of nitrogens with zero attached hydrogens (tertiary/aromatic N) is 3. The van der Waals surface area contributed by atoms with Gasteiger partial charge in [-0.05, 0) is 20.1 Å². The molecule has 1 aromatic heterocycles. The Labute approximate surface area is 112 Å². The van der Waals surface area contributed by atoms with Gasteiger partial charge in [-0.1, -0.05) is 11.8 Å². The summed E-state index contributed by atoms with van der Waals surface area (Å²) in [5, 5.41) is 3.88. The Hall–Kier alpha value is -1.01. The summed E-state index contributed by atoms with van der Waals surface area (Å²) in [4.78, 5) is 11.2. The van der Waals surface area contributed by atoms with E-state index in [9.17, 15) is 0 Å². The number of thioether (sulfide) groups is 1. The van der Waals surface area contributed by atoms with Crippen LogP contribution in [0, 0.1) is 0 Å². The second kappa shape index (κ2) is 5.75. The van der Waals surface area contributed by atoms with Crippen LogP contribution in [-0.4, -0.2) is 48.6 Å². The molecule has 1 aliphatic heterocycles. The summed E-state index contributed by atoms with van der Waals surface area (Å²) < 4.78 is 5.75. The summed E-state index contributed by atoms with van der Waals surface area (Å²) >= 11 is 1.56. The smallest absolute Gasteiger partial charge is 0.191 e. The van der Waals surface area contributed by atoms with Crippen molar-refractivity contribution < 1.29 is 4.74 Å². The summed E-state index contributed by atoms with van der Waals surface area (Å²) in [6.07, 6.45) is 2.46. The Morgan fingerprint density at radius 2 is 2.00 bits per heavy atom. The number of aromatic nitrogens is 2. The second-order valence-electron chi connectivity index (χ2n) is 4.51. The summed E-state index contributed by atoms with van der Waals surface area (Å²) in [5.41, 5.74) is 0. The Bertz CT molecular complexity index is 383. The highest BCUT2D eigenvalue weighted by molar-refractivity contribution is 7.98. The van der Waals surface area contributed by atoms with E-state index in [-0.39, 0.29) is 12.2 Å². The van der Waals surface area contributed by atoms with E-state index in [0.717, 1.165) is 29.9 Å². The van der Waals surface area contributed by atoms with E-state index in [0.29, 0.717) is 0 Å². The largest absolute Gasteiger partial charge is 0.373 e. The Morgan fingerprint density at radius 3 is 2.56 bits per heavy atom. The van der Waals surface area contributed by atoms with Gasteiger partial charge in [-0.15, -0.1) is 0 Å². The van der Waals surface area contributed by atoms with E-state index in [1.165, 1.54) is 0 Å². The first kappa shape index (κ1) is 13.4. The lowest BCUT2D eigenvalue weighted by Gasteiger charge is -2.36. The molecule has 2 atom stereocenters. The zero-order chi connectivity index (χ0) is 13.1. The van der Waals surface area contributed by atoms with Gasteiger partial charge in [0.25, 0.3) is 0 Å². The first-order valence-corrected chi connectivity index (χ1v) is 7.36. The molecule has 0 aliphatic carbocycles. The van der Waals surface area contributed by atoms with E-state index in [1.807, 2.05) is 19.4 Å². The third kappa shape index (κ3) is 3.05. The van der Waals surface area contributed by atoms with E-state index >= 15 is 0 Å². The molecule has 6 heteroatoms. The van der Waals surface area contributed by atoms with Gasteiger partial charge in [0.15, 0.2) is 5.16 Å². The van der Waals surface area contributed by atoms with E-state index in [2.05, 4.69) is 34.0 Å². The minimum atomic E-state index is 0.236. The SMILES string of the molecule is CNc1cc(N2CC(C)OC(C)C2)nc(SC)n1. The quantitative estimate of drug-likeness (QED) is 0.667. The van der Waals surface area contributed by atoms with Crippen LogP contribution in [0.4, 0.5) is 11.6 Å². The lowest BCUT2D eigenvalue weighted by Crippen LogP contribution is -2.45. The lowest BCUT2D eigenvalue weighted by atomic mass is 10.2. The van der Waals surface area contributed by atoms with Crippen molar-refractivity contribution in [3.63, 3.8) is 0 Å². The summed E-state index contributed by atoms with van der Waals surface area (Å²) in [6.45, 7) is 5.94. The van der Waals surface area contributed by atoms with Gasteiger partial charge < -0.3 is 15.0 Å². The molecule has 100 valence electrons. The number of nitrogens with one attached hydrogen (secondary N) is 1. The number of morpholine rings is 1. The average molecular weight is 268 g/mol. The molecule has 1 saturated heterocycles. The number of ether oxygens (including phenoxy) is 1. The van der Waals surface area contributed by atoms with Gasteiger partial charge in [0.05, 0.1) is 12.2 Å². The zero-order valence-electron chi connectivity index (χ0n) is 11.3. The number of hydrogen-bond acceptors (Lipinski definition) is 6. The van der Waals surface area contributed by atoms with Crippen LogP contribution in [0.3, 0.4) is 0 Å². The standard InChI is InChI=1S/C12H20N4OS/c1-8-6-16(7-9(2)17-8)11-5-10(13-3)14-12(15-11)18-4/h5,8-9H,6-7H2,1-4H3,(H,13,14,15). The van der Waals surface area contributed by atoms with Crippen molar-refractivity contribution in [3.8, 4) is 0 Å². The van der Waals surface area contributed by atoms with Crippen molar-refractivity contribution in [3.05, 3.63) is 6.07 Å². The molecule has 1 N–H and O–H groups in total. The minimum absolute atomic E-state index is 0.236. The number of rotatable bonds is 3. The molecule has 0 radical (unpaired) electrons. The van der Waals surface area contributed by atoms with Crippen LogP contribution in [0.25, 0.3) is 0 Å². The summed E-state index contributed by atoms with van der Waals surface area (Å²) in [7, 11) is 1.88. The van der Waals surface area contributed by atoms with Gasteiger partial charge in [-0.25, -0.2) is 9.97 Å². The van der Waals surface area contributed by atoms with Gasteiger partial charge in [0, 0.05) is 26.2 Å². The third-order valence-electron chi connectivity index (χ3n) is 2.87. The van der Waals surface area contributed by atoms with Gasteiger partial charge in [0.1, 0.15) is 11.6 Å². The van der Waals surface area contributed by atoms with Crippen molar-refractivity contribution in [2.75, 3.05) is 36.6 Å². The second-order valence-corrected chi connectivity index (χ2v) is 5.28. The maximum absolute atomic E-state index is 5.75. The zero-order valence-corrected chi connectivity index (χ0v) is 12.1. The molecule has 2 rings (SSSR count). The Morgan fingerprint density at radius 1 is 1.33 bits per heavy atom. The monoisotopic (exact) mass is 268 g/mol. The molecule has 0 saturated carbocycles. The van der Waals surface area contributed by atoms with Gasteiger partial charge in [0.2, 0.25) is 0 Å². The predicted molar refractivity (Wildman–Crippen MR) is 75.6 cm³/mol. The molecule has 0 bridgehead atoms. The molecule has 18 heavy (non-hydrogen) atoms. The van der Waals surface area contributed by atoms with Crippen LogP contribution < -0.4 is 10.2 Å². The maximum Gasteiger partial charge on any atom is 0.191 e. The Balaban J connectivity index is 2.25. The predicted octanol–water partition coefficient (Wildman–Crippen LogP) is 1.85. The molecule has 1 fully saturated rings. The van der Waals surface area contributed by atoms with Crippen LogP contribution in [0.15, 0.2) is 11.2 Å². The van der Waals surface area contributed by atoms with Crippen LogP contribution >= 0.6 is 11.8 Å². The van der Waals surface area contributed by atoms with Crippen molar-refractivity contribution in [1.29, 1.82) is 0 Å². The van der Waals surface area contributed by atoms with Crippen molar-refractivity contribution in [2.24, 2.45) is 0 Å². The molecule has 2 unspecified atom stereocenters. The molecule has 5 nitrogen and oxygen atoms in total. The van der Waals surface area contributed by atoms with Crippen molar-refractivity contribution >= 4 is 23.4 Å². The highest BCUT2D eigenvalue weighted by atomic mass is 32.2. The van der Waals surface area contributed by atoms with Gasteiger partial charge in [-0.2, -0.15) is 0 Å². The van der Waals surface area contributed by atoms with E-state index in [1.54, 1.807) is 11.8 Å². The van der Waals surface area contributed by atoms with E-state index < -0.39 is 0 Å². The molecule has 0 spiro atoms. The molecular weight excluding hydrogens is 248 g/mol. The molecule has 0 aromatic carbocycles. The van der Waals surface area contributed by atoms with Gasteiger partial charge in [-0.3, -0.25) is 0 Å². The lowest BCUT2D eigenvalue weighted by molar-refractivity contribution is -0.00549. The molecule has 0 amide bonds. The highest BCUT2D eigenvalue weighted by Gasteiger charge is 2.23. The van der Waals surface area contributed by atoms with Crippen molar-refractivity contribution in [1.82, 2.24) is 9.97 Å². The van der Waals surface area contributed by atoms with Crippen LogP contribution in [0.2, 0.25) is 0 Å². The topological polar surface area (TPSA) is 50.3 Å². The normalized spacial score (nSPS) is 24.1. The molecule has 1 aromatic rings. The first-order chi connectivity index (χ1) is 8.62. The summed E-state index contributed by atoms with van der Waals surface area (Å²) in [5.74, 6) is 1.83. The maximum atomic E-state index is 5.75. The third-order valence-corrected chi connectivity index (χ3v) is 3.42. The van der Waals surface area contributed by atoms with E-state index in [4.69, 9.17) is 4.74 Å². The van der Waals surface area contributed by atoms with Crippen LogP contribution in [-0.2, 0) is 4.74 Å². The van der Waals surface area contributed by atoms with Crippen LogP contribution in [0.5, 0.6) is 0 Å². The highest BCUT2D eigenvalue weighted by Crippen LogP contribution is 2.23.